The Kier molecular flexibility index (Phi) is 3.00. The number of fused-ring (bicyclic) bond motifs is 1. The van der Waals surface area contributed by atoms with Crippen molar-refractivity contribution in [3.63, 3.8) is 0 Å². The minimum atomic E-state index is 0.454. The van der Waals surface area contributed by atoms with Crippen LogP contribution in [0.1, 0.15) is 5.56 Å². The van der Waals surface area contributed by atoms with E-state index in [0.29, 0.717) is 5.88 Å². The largest absolute Gasteiger partial charge is 0.496 e. The molecule has 0 radical (unpaired) electrons. The molecule has 0 aliphatic rings. The first-order chi connectivity index (χ1) is 6.77. The van der Waals surface area contributed by atoms with E-state index in [1.54, 1.807) is 18.4 Å². The average Bonchev–Trinajstić information content (AvgIpc) is 2.65. The van der Waals surface area contributed by atoms with Crippen molar-refractivity contribution in [3.8, 4) is 5.75 Å². The van der Waals surface area contributed by atoms with Crippen LogP contribution in [0, 0.1) is 0 Å². The summed E-state index contributed by atoms with van der Waals surface area (Å²) < 4.78 is 7.54. The van der Waals surface area contributed by atoms with Crippen molar-refractivity contribution in [1.82, 2.24) is 0 Å². The third-order valence-electron chi connectivity index (χ3n) is 2.11. The summed E-state index contributed by atoms with van der Waals surface area (Å²) in [6, 6.07) is 4.11. The van der Waals surface area contributed by atoms with Crippen LogP contribution < -0.4 is 4.74 Å². The van der Waals surface area contributed by atoms with E-state index < -0.39 is 0 Å². The maximum Gasteiger partial charge on any atom is 0.125 e. The molecule has 0 atom stereocenters. The quantitative estimate of drug-likeness (QED) is 0.745. The summed E-state index contributed by atoms with van der Waals surface area (Å²) in [5.74, 6) is 1.30. The fraction of sp³-hybridized carbons (Fsp3) is 0.200. The molecule has 14 heavy (non-hydrogen) atoms. The molecule has 0 fully saturated rings. The second kappa shape index (κ2) is 4.09. The Labute approximate surface area is 99.8 Å². The normalized spacial score (nSPS) is 10.8. The van der Waals surface area contributed by atoms with Gasteiger partial charge in [-0.15, -0.1) is 22.9 Å². The molecule has 0 aliphatic carbocycles. The Morgan fingerprint density at radius 3 is 3.00 bits per heavy atom. The van der Waals surface area contributed by atoms with Crippen molar-refractivity contribution in [3.05, 3.63) is 27.5 Å². The van der Waals surface area contributed by atoms with Crippen molar-refractivity contribution in [2.24, 2.45) is 0 Å². The molecule has 0 spiro atoms. The Morgan fingerprint density at radius 2 is 2.36 bits per heavy atom. The Balaban J connectivity index is 2.79. The van der Waals surface area contributed by atoms with E-state index in [-0.39, 0.29) is 0 Å². The third kappa shape index (κ3) is 1.53. The van der Waals surface area contributed by atoms with Crippen LogP contribution in [0.25, 0.3) is 10.1 Å². The number of methoxy groups -OCH3 is 1. The van der Waals surface area contributed by atoms with Gasteiger partial charge in [0.25, 0.3) is 0 Å². The summed E-state index contributed by atoms with van der Waals surface area (Å²) >= 11 is 11.1. The van der Waals surface area contributed by atoms with E-state index in [0.717, 1.165) is 15.8 Å². The second-order valence-corrected chi connectivity index (χ2v) is 4.85. The first-order valence-electron chi connectivity index (χ1n) is 4.06. The smallest absolute Gasteiger partial charge is 0.125 e. The summed E-state index contributed by atoms with van der Waals surface area (Å²) in [5.41, 5.74) is 1.01. The topological polar surface area (TPSA) is 9.23 Å². The van der Waals surface area contributed by atoms with Crippen molar-refractivity contribution >= 4 is 49.0 Å². The van der Waals surface area contributed by atoms with Gasteiger partial charge in [0.1, 0.15) is 5.75 Å². The van der Waals surface area contributed by atoms with Crippen LogP contribution in [0.5, 0.6) is 5.75 Å². The molecule has 0 N–H and O–H groups in total. The Bertz CT molecular complexity index is 466. The lowest BCUT2D eigenvalue weighted by Crippen LogP contribution is -1.90. The first kappa shape index (κ1) is 10.3. The van der Waals surface area contributed by atoms with Crippen LogP contribution >= 0.6 is 38.9 Å². The molecule has 74 valence electrons. The van der Waals surface area contributed by atoms with Gasteiger partial charge in [0.15, 0.2) is 0 Å². The molecule has 0 unspecified atom stereocenters. The van der Waals surface area contributed by atoms with E-state index in [9.17, 15) is 0 Å². The highest BCUT2D eigenvalue weighted by molar-refractivity contribution is 9.10. The minimum Gasteiger partial charge on any atom is -0.496 e. The van der Waals surface area contributed by atoms with E-state index in [1.165, 1.54) is 10.1 Å². The zero-order chi connectivity index (χ0) is 10.1. The molecule has 0 bridgehead atoms. The van der Waals surface area contributed by atoms with Crippen LogP contribution in [0.3, 0.4) is 0 Å². The summed E-state index contributed by atoms with van der Waals surface area (Å²) in [6.07, 6.45) is 0. The first-order valence-corrected chi connectivity index (χ1v) is 6.27. The van der Waals surface area contributed by atoms with Crippen LogP contribution in [-0.4, -0.2) is 7.11 Å². The van der Waals surface area contributed by atoms with Gasteiger partial charge in [-0.1, -0.05) is 0 Å². The van der Waals surface area contributed by atoms with E-state index in [1.807, 2.05) is 6.07 Å². The third-order valence-corrected chi connectivity index (χ3v) is 4.15. The molecule has 1 aromatic heterocycles. The van der Waals surface area contributed by atoms with E-state index in [2.05, 4.69) is 27.4 Å². The molecule has 1 heterocycles. The number of thiophene rings is 1. The van der Waals surface area contributed by atoms with E-state index in [4.69, 9.17) is 16.3 Å². The zero-order valence-electron chi connectivity index (χ0n) is 7.51. The molecule has 2 rings (SSSR count). The van der Waals surface area contributed by atoms with Gasteiger partial charge in [0.05, 0.1) is 13.0 Å². The van der Waals surface area contributed by atoms with Crippen molar-refractivity contribution in [1.29, 1.82) is 0 Å². The number of hydrogen-bond acceptors (Lipinski definition) is 2. The summed E-state index contributed by atoms with van der Waals surface area (Å²) in [7, 11) is 1.66. The highest BCUT2D eigenvalue weighted by Crippen LogP contribution is 2.38. The molecule has 1 aromatic carbocycles. The summed E-state index contributed by atoms with van der Waals surface area (Å²) in [5, 5.41) is 3.26. The lowest BCUT2D eigenvalue weighted by molar-refractivity contribution is 0.411. The molecule has 0 amide bonds. The molecular formula is C10H8BrClOS. The predicted octanol–water partition coefficient (Wildman–Crippen LogP) is 4.41. The van der Waals surface area contributed by atoms with Gasteiger partial charge in [0, 0.05) is 20.1 Å². The standard InChI is InChI=1S/C10H8BrClOS/c1-13-8-4-9-6(2-3-14-9)10(11)7(8)5-12/h2-4H,5H2,1H3. The summed E-state index contributed by atoms with van der Waals surface area (Å²) in [4.78, 5) is 0. The van der Waals surface area contributed by atoms with Gasteiger partial charge < -0.3 is 4.74 Å². The number of rotatable bonds is 2. The van der Waals surface area contributed by atoms with Crippen LogP contribution in [0.15, 0.2) is 22.0 Å². The molecule has 0 aliphatic heterocycles. The van der Waals surface area contributed by atoms with Gasteiger partial charge >= 0.3 is 0 Å². The van der Waals surface area contributed by atoms with E-state index >= 15 is 0 Å². The Hall–Kier alpha value is -0.250. The maximum atomic E-state index is 5.88. The van der Waals surface area contributed by atoms with Crippen LogP contribution in [0.2, 0.25) is 0 Å². The SMILES string of the molecule is COc1cc2sccc2c(Br)c1CCl. The minimum absolute atomic E-state index is 0.454. The number of benzene rings is 1. The average molecular weight is 292 g/mol. The fourth-order valence-corrected chi connectivity index (χ4v) is 3.46. The molecular weight excluding hydrogens is 284 g/mol. The highest BCUT2D eigenvalue weighted by atomic mass is 79.9. The summed E-state index contributed by atoms with van der Waals surface area (Å²) in [6.45, 7) is 0. The highest BCUT2D eigenvalue weighted by Gasteiger charge is 2.11. The molecule has 0 saturated carbocycles. The number of alkyl halides is 1. The number of hydrogen-bond donors (Lipinski definition) is 0. The number of ether oxygens (including phenoxy) is 1. The van der Waals surface area contributed by atoms with Crippen LogP contribution in [0.4, 0.5) is 0 Å². The zero-order valence-corrected chi connectivity index (χ0v) is 10.7. The van der Waals surface area contributed by atoms with Crippen LogP contribution in [-0.2, 0) is 5.88 Å². The number of halogens is 2. The lowest BCUT2D eigenvalue weighted by atomic mass is 10.1. The predicted molar refractivity (Wildman–Crippen MR) is 65.6 cm³/mol. The molecule has 4 heteroatoms. The van der Waals surface area contributed by atoms with Crippen molar-refractivity contribution in [2.75, 3.05) is 7.11 Å². The maximum absolute atomic E-state index is 5.88. The monoisotopic (exact) mass is 290 g/mol. The van der Waals surface area contributed by atoms with Crippen molar-refractivity contribution < 1.29 is 4.74 Å². The molecule has 0 saturated heterocycles. The van der Waals surface area contributed by atoms with Gasteiger partial charge in [-0.2, -0.15) is 0 Å². The van der Waals surface area contributed by atoms with Gasteiger partial charge in [0.2, 0.25) is 0 Å². The fourth-order valence-electron chi connectivity index (χ4n) is 1.40. The van der Waals surface area contributed by atoms with Gasteiger partial charge in [-0.25, -0.2) is 0 Å². The molecule has 2 aromatic rings. The molecule has 1 nitrogen and oxygen atoms in total. The van der Waals surface area contributed by atoms with Gasteiger partial charge in [-0.3, -0.25) is 0 Å². The second-order valence-electron chi connectivity index (χ2n) is 2.84. The lowest BCUT2D eigenvalue weighted by Gasteiger charge is -2.08. The van der Waals surface area contributed by atoms with Gasteiger partial charge in [-0.05, 0) is 33.4 Å². The van der Waals surface area contributed by atoms with Crippen molar-refractivity contribution in [2.45, 2.75) is 5.88 Å². The Morgan fingerprint density at radius 1 is 1.57 bits per heavy atom.